The summed E-state index contributed by atoms with van der Waals surface area (Å²) < 4.78 is 8.96. The monoisotopic (exact) mass is 518 g/mol. The number of methoxy groups -OCH3 is 1. The second-order valence-corrected chi connectivity index (χ2v) is 6.27. The molecule has 10 heteroatoms. The van der Waals surface area contributed by atoms with Crippen LogP contribution in [0.15, 0.2) is 65.9 Å². The van der Waals surface area contributed by atoms with Crippen LogP contribution in [0.1, 0.15) is 11.5 Å². The van der Waals surface area contributed by atoms with Crippen molar-refractivity contribution >= 4 is 35.6 Å². The fourth-order valence-electron chi connectivity index (χ4n) is 2.90. The molecule has 0 bridgehead atoms. The van der Waals surface area contributed by atoms with Crippen molar-refractivity contribution in [3.63, 3.8) is 0 Å². The lowest BCUT2D eigenvalue weighted by atomic mass is 10.3. The van der Waals surface area contributed by atoms with Crippen molar-refractivity contribution in [1.29, 1.82) is 0 Å². The van der Waals surface area contributed by atoms with Crippen molar-refractivity contribution in [2.75, 3.05) is 14.2 Å². The largest absolute Gasteiger partial charge is 0.497 e. The zero-order valence-corrected chi connectivity index (χ0v) is 19.0. The lowest BCUT2D eigenvalue weighted by Gasteiger charge is -2.10. The van der Waals surface area contributed by atoms with Crippen molar-refractivity contribution < 1.29 is 4.74 Å². The summed E-state index contributed by atoms with van der Waals surface area (Å²) in [5.74, 6) is 2.29. The van der Waals surface area contributed by atoms with Crippen LogP contribution in [0, 0.1) is 0 Å². The second kappa shape index (κ2) is 10.1. The summed E-state index contributed by atoms with van der Waals surface area (Å²) in [6, 6.07) is 15.5. The topological polar surface area (TPSA) is 93.7 Å². The number of benzene rings is 1. The maximum absolute atomic E-state index is 5.19. The van der Waals surface area contributed by atoms with Gasteiger partial charge in [-0.25, -0.2) is 4.68 Å². The van der Waals surface area contributed by atoms with Gasteiger partial charge in [0.15, 0.2) is 17.4 Å². The molecule has 0 radical (unpaired) electrons. The van der Waals surface area contributed by atoms with E-state index in [1.807, 2.05) is 70.0 Å². The van der Waals surface area contributed by atoms with Crippen LogP contribution in [0.4, 0.5) is 0 Å². The zero-order chi connectivity index (χ0) is 20.1. The Kier molecular flexibility index (Phi) is 7.22. The predicted octanol–water partition coefficient (Wildman–Crippen LogP) is 2.41. The number of rotatable bonds is 6. The van der Waals surface area contributed by atoms with Crippen LogP contribution in [0.2, 0.25) is 0 Å². The van der Waals surface area contributed by atoms with E-state index >= 15 is 0 Å². The predicted molar refractivity (Wildman–Crippen MR) is 126 cm³/mol. The number of aromatic nitrogens is 5. The number of ether oxygens (including phenoxy) is 1. The number of nitrogens with one attached hydrogen (secondary N) is 2. The van der Waals surface area contributed by atoms with E-state index in [2.05, 4.69) is 30.9 Å². The first-order valence-electron chi connectivity index (χ1n) is 9.19. The number of guanidine groups is 1. The molecule has 0 saturated heterocycles. The molecule has 3 aromatic heterocycles. The molecule has 0 aliphatic rings. The van der Waals surface area contributed by atoms with Gasteiger partial charge in [-0.2, -0.15) is 5.10 Å². The molecule has 0 saturated carbocycles. The molecule has 0 amide bonds. The van der Waals surface area contributed by atoms with Crippen LogP contribution < -0.4 is 15.4 Å². The van der Waals surface area contributed by atoms with Crippen molar-refractivity contribution in [1.82, 2.24) is 35.0 Å². The van der Waals surface area contributed by atoms with E-state index in [-0.39, 0.29) is 24.0 Å². The number of pyridine rings is 1. The molecule has 1 aromatic carbocycles. The standard InChI is InChI=1S/C20H22N8O.HI/c1-21-20(23-14-19-25-24-18-5-3-4-11-27(18)19)22-13-15-10-12-28(26-15)16-6-8-17(29-2)9-7-16;/h3-12H,13-14H2,1-2H3,(H2,21,22,23);1H. The first kappa shape index (κ1) is 21.6. The van der Waals surface area contributed by atoms with Crippen LogP contribution in [0.25, 0.3) is 11.3 Å². The normalized spacial score (nSPS) is 11.2. The summed E-state index contributed by atoms with van der Waals surface area (Å²) in [5.41, 5.74) is 2.69. The maximum Gasteiger partial charge on any atom is 0.191 e. The molecular formula is C20H23IN8O. The number of nitrogens with zero attached hydrogens (tertiary/aromatic N) is 6. The Morgan fingerprint density at radius 1 is 1.00 bits per heavy atom. The van der Waals surface area contributed by atoms with Crippen molar-refractivity contribution in [3.8, 4) is 11.4 Å². The molecule has 0 aliphatic carbocycles. The van der Waals surface area contributed by atoms with Crippen LogP contribution in [0.5, 0.6) is 5.75 Å². The molecular weight excluding hydrogens is 495 g/mol. The highest BCUT2D eigenvalue weighted by atomic mass is 127. The maximum atomic E-state index is 5.19. The molecule has 0 fully saturated rings. The molecule has 4 rings (SSSR count). The van der Waals surface area contributed by atoms with Gasteiger partial charge in [0.2, 0.25) is 0 Å². The van der Waals surface area contributed by atoms with E-state index < -0.39 is 0 Å². The van der Waals surface area contributed by atoms with Crippen LogP contribution in [-0.2, 0) is 13.1 Å². The van der Waals surface area contributed by atoms with E-state index in [9.17, 15) is 0 Å². The molecule has 3 heterocycles. The Morgan fingerprint density at radius 2 is 1.80 bits per heavy atom. The lowest BCUT2D eigenvalue weighted by Crippen LogP contribution is -2.36. The summed E-state index contributed by atoms with van der Waals surface area (Å²) in [6.07, 6.45) is 3.87. The third-order valence-electron chi connectivity index (χ3n) is 4.44. The van der Waals surface area contributed by atoms with Gasteiger partial charge in [0.05, 0.1) is 31.6 Å². The molecule has 4 aromatic rings. The molecule has 156 valence electrons. The molecule has 0 atom stereocenters. The smallest absolute Gasteiger partial charge is 0.191 e. The number of hydrogen-bond acceptors (Lipinski definition) is 5. The Balaban J connectivity index is 0.00000256. The summed E-state index contributed by atoms with van der Waals surface area (Å²) in [7, 11) is 3.38. The summed E-state index contributed by atoms with van der Waals surface area (Å²) in [5, 5.41) is 19.5. The van der Waals surface area contributed by atoms with Gasteiger partial charge in [0, 0.05) is 19.4 Å². The minimum Gasteiger partial charge on any atom is -0.497 e. The first-order chi connectivity index (χ1) is 14.3. The SMILES string of the molecule is CN=C(NCc1ccn(-c2ccc(OC)cc2)n1)NCc1nnc2ccccn12.I. The Bertz CT molecular complexity index is 1120. The minimum absolute atomic E-state index is 0. The van der Waals surface area contributed by atoms with Crippen LogP contribution >= 0.6 is 24.0 Å². The Hall–Kier alpha value is -3.15. The third kappa shape index (κ3) is 4.87. The highest BCUT2D eigenvalue weighted by molar-refractivity contribution is 14.0. The molecule has 0 unspecified atom stereocenters. The molecule has 30 heavy (non-hydrogen) atoms. The van der Waals surface area contributed by atoms with E-state index in [1.165, 1.54) is 0 Å². The summed E-state index contributed by atoms with van der Waals surface area (Å²) in [6.45, 7) is 1.05. The third-order valence-corrected chi connectivity index (χ3v) is 4.44. The number of fused-ring (bicyclic) bond motifs is 1. The van der Waals surface area contributed by atoms with Crippen molar-refractivity contribution in [2.45, 2.75) is 13.1 Å². The highest BCUT2D eigenvalue weighted by Crippen LogP contribution is 2.14. The van der Waals surface area contributed by atoms with Gasteiger partial charge in [-0.05, 0) is 42.5 Å². The van der Waals surface area contributed by atoms with E-state index in [0.29, 0.717) is 19.0 Å². The van der Waals surface area contributed by atoms with Crippen molar-refractivity contribution in [2.24, 2.45) is 4.99 Å². The summed E-state index contributed by atoms with van der Waals surface area (Å²) in [4.78, 5) is 4.26. The molecule has 0 aliphatic heterocycles. The Labute approximate surface area is 191 Å². The first-order valence-corrected chi connectivity index (χ1v) is 9.19. The van der Waals surface area contributed by atoms with Crippen LogP contribution in [-0.4, -0.2) is 44.5 Å². The van der Waals surface area contributed by atoms with Crippen LogP contribution in [0.3, 0.4) is 0 Å². The number of hydrogen-bond donors (Lipinski definition) is 2. The average molecular weight is 518 g/mol. The van der Waals surface area contributed by atoms with E-state index in [0.717, 1.165) is 28.6 Å². The number of aliphatic imine (C=N–C) groups is 1. The van der Waals surface area contributed by atoms with Gasteiger partial charge in [-0.3, -0.25) is 9.39 Å². The molecule has 0 spiro atoms. The molecule has 2 N–H and O–H groups in total. The van der Waals surface area contributed by atoms with Gasteiger partial charge in [-0.1, -0.05) is 6.07 Å². The van der Waals surface area contributed by atoms with Gasteiger partial charge in [-0.15, -0.1) is 34.2 Å². The van der Waals surface area contributed by atoms with Gasteiger partial charge in [0.25, 0.3) is 0 Å². The van der Waals surface area contributed by atoms with Gasteiger partial charge < -0.3 is 15.4 Å². The van der Waals surface area contributed by atoms with Gasteiger partial charge in [0.1, 0.15) is 5.75 Å². The van der Waals surface area contributed by atoms with Gasteiger partial charge >= 0.3 is 0 Å². The zero-order valence-electron chi connectivity index (χ0n) is 16.7. The quantitative estimate of drug-likeness (QED) is 0.232. The fourth-order valence-corrected chi connectivity index (χ4v) is 2.90. The van der Waals surface area contributed by atoms with E-state index in [4.69, 9.17) is 4.74 Å². The molecule has 9 nitrogen and oxygen atoms in total. The fraction of sp³-hybridized carbons (Fsp3) is 0.200. The average Bonchev–Trinajstić information content (AvgIpc) is 3.41. The Morgan fingerprint density at radius 3 is 2.57 bits per heavy atom. The lowest BCUT2D eigenvalue weighted by molar-refractivity contribution is 0.414. The number of halogens is 1. The summed E-state index contributed by atoms with van der Waals surface area (Å²) >= 11 is 0. The highest BCUT2D eigenvalue weighted by Gasteiger charge is 2.07. The second-order valence-electron chi connectivity index (χ2n) is 6.27. The van der Waals surface area contributed by atoms with Crippen molar-refractivity contribution in [3.05, 3.63) is 72.4 Å². The minimum atomic E-state index is 0. The van der Waals surface area contributed by atoms with E-state index in [1.54, 1.807) is 14.2 Å².